The molecule has 35 heavy (non-hydrogen) atoms. The maximum Gasteiger partial charge on any atom is 0.244 e. The molecular weight excluding hydrogens is 577 g/mol. The van der Waals surface area contributed by atoms with Gasteiger partial charge in [0.15, 0.2) is 0 Å². The number of hydrogen-bond donors (Lipinski definition) is 1. The van der Waals surface area contributed by atoms with Gasteiger partial charge in [0.05, 0.1) is 28.3 Å². The van der Waals surface area contributed by atoms with Crippen LogP contribution in [0.15, 0.2) is 58.0 Å². The number of rotatable bonds is 8. The molecule has 186 valence electrons. The topological polar surface area (TPSA) is 97.2 Å². The monoisotopic (exact) mass is 599 g/mol. The van der Waals surface area contributed by atoms with Crippen LogP contribution in [0.5, 0.6) is 0 Å². The first kappa shape index (κ1) is 26.1. The summed E-state index contributed by atoms with van der Waals surface area (Å²) in [6.07, 6.45) is 4.08. The van der Waals surface area contributed by atoms with E-state index in [1.165, 1.54) is 12.1 Å². The van der Waals surface area contributed by atoms with Gasteiger partial charge in [-0.25, -0.2) is 17.8 Å². The van der Waals surface area contributed by atoms with Gasteiger partial charge in [-0.15, -0.1) is 5.10 Å². The average molecular weight is 601 g/mol. The Morgan fingerprint density at radius 1 is 1.20 bits per heavy atom. The SMILES string of the molecule is C[C@@H](c1ccccc1Br)n1cc(CC2CCCN2C(=O)CNS(=O)(=O)c2c(Cl)cccc2Cl)nn1. The molecule has 3 aromatic rings. The number of likely N-dealkylation sites (tertiary alicyclic amines) is 1. The second-order valence-corrected chi connectivity index (χ2v) is 11.7. The summed E-state index contributed by atoms with van der Waals surface area (Å²) in [6, 6.07) is 12.3. The average Bonchev–Trinajstić information content (AvgIpc) is 3.47. The van der Waals surface area contributed by atoms with E-state index in [1.54, 1.807) is 15.6 Å². The van der Waals surface area contributed by atoms with Crippen LogP contribution in [0.2, 0.25) is 10.0 Å². The minimum atomic E-state index is -4.05. The molecule has 8 nitrogen and oxygen atoms in total. The van der Waals surface area contributed by atoms with Crippen molar-refractivity contribution >= 4 is 55.1 Å². The Bertz CT molecular complexity index is 1310. The van der Waals surface area contributed by atoms with E-state index in [2.05, 4.69) is 31.0 Å². The maximum absolute atomic E-state index is 12.9. The van der Waals surface area contributed by atoms with Crippen LogP contribution in [0.25, 0.3) is 0 Å². The number of sulfonamides is 1. The minimum absolute atomic E-state index is 0.00338. The fraction of sp³-hybridized carbons (Fsp3) is 0.348. The van der Waals surface area contributed by atoms with Crippen LogP contribution in [0.3, 0.4) is 0 Å². The maximum atomic E-state index is 12.9. The van der Waals surface area contributed by atoms with E-state index in [0.717, 1.165) is 28.6 Å². The molecule has 1 unspecified atom stereocenters. The summed E-state index contributed by atoms with van der Waals surface area (Å²) in [5, 5.41) is 8.60. The van der Waals surface area contributed by atoms with E-state index in [4.69, 9.17) is 23.2 Å². The third-order valence-electron chi connectivity index (χ3n) is 6.05. The van der Waals surface area contributed by atoms with Crippen LogP contribution < -0.4 is 4.72 Å². The molecule has 1 aromatic heterocycles. The summed E-state index contributed by atoms with van der Waals surface area (Å²) < 4.78 is 30.5. The molecule has 1 saturated heterocycles. The number of benzene rings is 2. The van der Waals surface area contributed by atoms with Gasteiger partial charge < -0.3 is 4.90 Å². The first-order valence-electron chi connectivity index (χ1n) is 11.1. The summed E-state index contributed by atoms with van der Waals surface area (Å²) in [5.41, 5.74) is 1.87. The normalized spacial score (nSPS) is 17.0. The lowest BCUT2D eigenvalue weighted by Crippen LogP contribution is -2.43. The van der Waals surface area contributed by atoms with Gasteiger partial charge >= 0.3 is 0 Å². The molecular formula is C23H24BrCl2N5O3S. The van der Waals surface area contributed by atoms with Crippen molar-refractivity contribution in [1.29, 1.82) is 0 Å². The number of hydrogen-bond acceptors (Lipinski definition) is 5. The van der Waals surface area contributed by atoms with Gasteiger partial charge in [-0.05, 0) is 43.5 Å². The highest BCUT2D eigenvalue weighted by atomic mass is 79.9. The van der Waals surface area contributed by atoms with Crippen LogP contribution >= 0.6 is 39.1 Å². The molecule has 0 spiro atoms. The first-order valence-corrected chi connectivity index (χ1v) is 14.1. The highest BCUT2D eigenvalue weighted by Crippen LogP contribution is 2.29. The zero-order valence-electron chi connectivity index (χ0n) is 18.9. The third-order valence-corrected chi connectivity index (χ3v) is 9.13. The molecule has 1 N–H and O–H groups in total. The van der Waals surface area contributed by atoms with E-state index in [0.29, 0.717) is 13.0 Å². The molecule has 2 aromatic carbocycles. The van der Waals surface area contributed by atoms with Crippen molar-refractivity contribution in [3.8, 4) is 0 Å². The number of aromatic nitrogens is 3. The van der Waals surface area contributed by atoms with Crippen molar-refractivity contribution < 1.29 is 13.2 Å². The van der Waals surface area contributed by atoms with Gasteiger partial charge in [0.1, 0.15) is 4.90 Å². The van der Waals surface area contributed by atoms with Gasteiger partial charge in [-0.1, -0.05) is 68.6 Å². The molecule has 1 aliphatic rings. The van der Waals surface area contributed by atoms with Crippen LogP contribution in [0.1, 0.15) is 37.1 Å². The summed E-state index contributed by atoms with van der Waals surface area (Å²) in [5.74, 6) is -0.312. The number of carbonyl (C=O) groups is 1. The quantitative estimate of drug-likeness (QED) is 0.411. The fourth-order valence-electron chi connectivity index (χ4n) is 4.24. The largest absolute Gasteiger partial charge is 0.338 e. The second kappa shape index (κ2) is 11.0. The Morgan fingerprint density at radius 3 is 2.63 bits per heavy atom. The van der Waals surface area contributed by atoms with E-state index in [9.17, 15) is 13.2 Å². The van der Waals surface area contributed by atoms with Crippen molar-refractivity contribution in [2.24, 2.45) is 0 Å². The molecule has 0 aliphatic carbocycles. The lowest BCUT2D eigenvalue weighted by atomic mass is 10.1. The summed E-state index contributed by atoms with van der Waals surface area (Å²) in [6.45, 7) is 2.22. The molecule has 1 fully saturated rings. The fourth-order valence-corrected chi connectivity index (χ4v) is 6.97. The number of nitrogens with one attached hydrogen (secondary N) is 1. The third kappa shape index (κ3) is 5.89. The van der Waals surface area contributed by atoms with E-state index in [1.807, 2.05) is 37.4 Å². The Kier molecular flexibility index (Phi) is 8.17. The highest BCUT2D eigenvalue weighted by Gasteiger charge is 2.31. The molecule has 12 heteroatoms. The van der Waals surface area contributed by atoms with Crippen LogP contribution in [0, 0.1) is 0 Å². The summed E-state index contributed by atoms with van der Waals surface area (Å²) >= 11 is 15.6. The number of halogens is 3. The van der Waals surface area contributed by atoms with Crippen molar-refractivity contribution in [3.63, 3.8) is 0 Å². The number of nitrogens with zero attached hydrogens (tertiary/aromatic N) is 4. The van der Waals surface area contributed by atoms with E-state index < -0.39 is 10.0 Å². The van der Waals surface area contributed by atoms with Crippen LogP contribution in [-0.4, -0.2) is 53.4 Å². The van der Waals surface area contributed by atoms with Crippen LogP contribution in [-0.2, 0) is 21.2 Å². The van der Waals surface area contributed by atoms with Gasteiger partial charge in [0.2, 0.25) is 15.9 Å². The second-order valence-electron chi connectivity index (χ2n) is 8.35. The number of carbonyl (C=O) groups excluding carboxylic acids is 1. The Labute approximate surface area is 222 Å². The Balaban J connectivity index is 1.40. The first-order chi connectivity index (χ1) is 16.7. The predicted octanol–water partition coefficient (Wildman–Crippen LogP) is 4.47. The molecule has 1 aliphatic heterocycles. The highest BCUT2D eigenvalue weighted by molar-refractivity contribution is 9.10. The predicted molar refractivity (Wildman–Crippen MR) is 138 cm³/mol. The van der Waals surface area contributed by atoms with Crippen molar-refractivity contribution in [2.75, 3.05) is 13.1 Å². The zero-order chi connectivity index (χ0) is 25.2. The zero-order valence-corrected chi connectivity index (χ0v) is 22.8. The Morgan fingerprint density at radius 2 is 1.91 bits per heavy atom. The summed E-state index contributed by atoms with van der Waals surface area (Å²) in [4.78, 5) is 14.4. The van der Waals surface area contributed by atoms with E-state index in [-0.39, 0.29) is 39.5 Å². The molecule has 1 amide bonds. The molecule has 0 bridgehead atoms. The van der Waals surface area contributed by atoms with E-state index >= 15 is 0 Å². The molecule has 0 saturated carbocycles. The minimum Gasteiger partial charge on any atom is -0.338 e. The smallest absolute Gasteiger partial charge is 0.244 e. The Hall–Kier alpha value is -1.98. The van der Waals surface area contributed by atoms with Gasteiger partial charge in [0, 0.05) is 29.7 Å². The number of amides is 1. The lowest BCUT2D eigenvalue weighted by Gasteiger charge is -2.24. The van der Waals surface area contributed by atoms with Crippen molar-refractivity contribution in [1.82, 2.24) is 24.6 Å². The summed E-state index contributed by atoms with van der Waals surface area (Å²) in [7, 11) is -4.05. The van der Waals surface area contributed by atoms with Crippen molar-refractivity contribution in [3.05, 3.63) is 74.4 Å². The molecule has 4 rings (SSSR count). The van der Waals surface area contributed by atoms with Gasteiger partial charge in [-0.2, -0.15) is 0 Å². The van der Waals surface area contributed by atoms with Gasteiger partial charge in [0.25, 0.3) is 0 Å². The van der Waals surface area contributed by atoms with Crippen LogP contribution in [0.4, 0.5) is 0 Å². The molecule has 0 radical (unpaired) electrons. The lowest BCUT2D eigenvalue weighted by molar-refractivity contribution is -0.130. The molecule has 2 heterocycles. The van der Waals surface area contributed by atoms with Gasteiger partial charge in [-0.3, -0.25) is 4.79 Å². The van der Waals surface area contributed by atoms with Crippen molar-refractivity contribution in [2.45, 2.75) is 43.2 Å². The molecule has 2 atom stereocenters. The standard InChI is InChI=1S/C23H24BrCl2N5O3S/c1-15(18-7-2-3-8-19(18)24)31-14-16(28-29-31)12-17-6-5-11-30(17)22(32)13-27-35(33,34)23-20(25)9-4-10-21(23)26/h2-4,7-10,14-15,17,27H,5-6,11-13H2,1H3/t15-,17?/m0/s1.